The molecule has 4 aromatic rings. The Hall–Kier alpha value is -3.54. The van der Waals surface area contributed by atoms with Crippen molar-refractivity contribution in [3.05, 3.63) is 131 Å². The lowest BCUT2D eigenvalue weighted by Crippen LogP contribution is -2.38. The van der Waals surface area contributed by atoms with Gasteiger partial charge >= 0.3 is 0 Å². The van der Waals surface area contributed by atoms with Gasteiger partial charge in [0.1, 0.15) is 5.54 Å². The van der Waals surface area contributed by atoms with Gasteiger partial charge in [0.25, 0.3) is 0 Å². The fraction of sp³-hybridized carbons (Fsp3) is 0.303. The summed E-state index contributed by atoms with van der Waals surface area (Å²) in [5.74, 6) is 0.152. The number of pyridine rings is 1. The molecule has 0 amide bonds. The fourth-order valence-corrected chi connectivity index (χ4v) is 5.05. The molecule has 3 aromatic carbocycles. The number of rotatable bonds is 12. The first kappa shape index (κ1) is 26.1. The molecule has 1 heterocycles. The van der Waals surface area contributed by atoms with E-state index < -0.39 is 11.8 Å². The average molecular weight is 511 g/mol. The molecule has 0 unspecified atom stereocenters. The number of aromatic nitrogens is 1. The maximum absolute atomic E-state index is 16.3. The van der Waals surface area contributed by atoms with Crippen LogP contribution in [0.1, 0.15) is 61.1 Å². The smallest absolute Gasteiger partial charge is 0.201 e. The lowest BCUT2D eigenvalue weighted by Gasteiger charge is -2.38. The van der Waals surface area contributed by atoms with Crippen molar-refractivity contribution in [2.24, 2.45) is 5.92 Å². The largest absolute Gasteiger partial charge is 0.365 e. The second-order valence-corrected chi connectivity index (χ2v) is 9.72. The maximum Gasteiger partial charge on any atom is 0.201 e. The number of benzene rings is 3. The van der Waals surface area contributed by atoms with E-state index in [2.05, 4.69) is 41.7 Å². The Kier molecular flexibility index (Phi) is 8.16. The SMILES string of the molecule is CCOC(OCC)c1cc(NC(c2ccccc2)(c2ccccc2)c2ccccc2)c(F)c(CC2CC2)n1. The topological polar surface area (TPSA) is 43.4 Å². The first-order valence-corrected chi connectivity index (χ1v) is 13.5. The summed E-state index contributed by atoms with van der Waals surface area (Å²) < 4.78 is 28.1. The quantitative estimate of drug-likeness (QED) is 0.157. The summed E-state index contributed by atoms with van der Waals surface area (Å²) in [6.07, 6.45) is 2.16. The van der Waals surface area contributed by atoms with Gasteiger partial charge in [0.15, 0.2) is 5.82 Å². The summed E-state index contributed by atoms with van der Waals surface area (Å²) in [5, 5.41) is 3.70. The molecule has 1 N–H and O–H groups in total. The van der Waals surface area contributed by atoms with Crippen molar-refractivity contribution in [1.29, 1.82) is 0 Å². The number of ether oxygens (including phenoxy) is 2. The molecule has 1 saturated carbocycles. The Morgan fingerprint density at radius 1 is 0.816 bits per heavy atom. The van der Waals surface area contributed by atoms with E-state index in [1.54, 1.807) is 6.07 Å². The molecule has 0 radical (unpaired) electrons. The van der Waals surface area contributed by atoms with Crippen LogP contribution in [0.4, 0.5) is 10.1 Å². The molecular formula is C33H35FN2O2. The fourth-order valence-electron chi connectivity index (χ4n) is 5.05. The number of hydrogen-bond acceptors (Lipinski definition) is 4. The Morgan fingerprint density at radius 3 is 1.71 bits per heavy atom. The van der Waals surface area contributed by atoms with Crippen LogP contribution >= 0.6 is 0 Å². The summed E-state index contributed by atoms with van der Waals surface area (Å²) in [5.41, 5.74) is 3.58. The number of nitrogens with zero attached hydrogens (tertiary/aromatic N) is 1. The van der Waals surface area contributed by atoms with Crippen molar-refractivity contribution in [3.63, 3.8) is 0 Å². The van der Waals surface area contributed by atoms with Crippen molar-refractivity contribution in [1.82, 2.24) is 4.98 Å². The van der Waals surface area contributed by atoms with Crippen LogP contribution in [-0.2, 0) is 21.4 Å². The standard InChI is InChI=1S/C33H35FN2O2/c1-3-37-32(38-4-2)30-23-29(31(34)28(35-30)22-24-20-21-24)36-33(25-14-8-5-9-15-25,26-16-10-6-11-17-26)27-18-12-7-13-19-27/h5-19,23-24,32H,3-4,20-22H2,1-2H3,(H,35,36). The molecule has 1 fully saturated rings. The van der Waals surface area contributed by atoms with E-state index in [-0.39, 0.29) is 5.82 Å². The molecule has 1 aromatic heterocycles. The lowest BCUT2D eigenvalue weighted by molar-refractivity contribution is -0.142. The first-order chi connectivity index (χ1) is 18.7. The molecule has 196 valence electrons. The van der Waals surface area contributed by atoms with Crippen LogP contribution in [0.3, 0.4) is 0 Å². The minimum Gasteiger partial charge on any atom is -0.365 e. The maximum atomic E-state index is 16.3. The third kappa shape index (κ3) is 5.50. The lowest BCUT2D eigenvalue weighted by atomic mass is 9.76. The molecule has 38 heavy (non-hydrogen) atoms. The van der Waals surface area contributed by atoms with Crippen molar-refractivity contribution in [2.75, 3.05) is 18.5 Å². The van der Waals surface area contributed by atoms with E-state index >= 15 is 4.39 Å². The van der Waals surface area contributed by atoms with Gasteiger partial charge < -0.3 is 14.8 Å². The Bertz CT molecular complexity index is 1210. The number of hydrogen-bond donors (Lipinski definition) is 1. The van der Waals surface area contributed by atoms with Crippen molar-refractivity contribution < 1.29 is 13.9 Å². The molecule has 0 aliphatic heterocycles. The second-order valence-electron chi connectivity index (χ2n) is 9.72. The van der Waals surface area contributed by atoms with Crippen molar-refractivity contribution in [3.8, 4) is 0 Å². The van der Waals surface area contributed by atoms with E-state index in [0.29, 0.717) is 42.6 Å². The monoisotopic (exact) mass is 510 g/mol. The van der Waals surface area contributed by atoms with Crippen LogP contribution in [-0.4, -0.2) is 18.2 Å². The number of halogens is 1. The van der Waals surface area contributed by atoms with Crippen LogP contribution in [0.2, 0.25) is 0 Å². The highest BCUT2D eigenvalue weighted by Crippen LogP contribution is 2.42. The zero-order valence-electron chi connectivity index (χ0n) is 22.1. The van der Waals surface area contributed by atoms with Crippen LogP contribution < -0.4 is 5.32 Å². The van der Waals surface area contributed by atoms with Gasteiger partial charge in [-0.3, -0.25) is 0 Å². The summed E-state index contributed by atoms with van der Waals surface area (Å²) in [6, 6.07) is 32.4. The van der Waals surface area contributed by atoms with Gasteiger partial charge in [0.05, 0.1) is 17.1 Å². The summed E-state index contributed by atoms with van der Waals surface area (Å²) in [6.45, 7) is 4.77. The predicted molar refractivity (Wildman–Crippen MR) is 149 cm³/mol. The first-order valence-electron chi connectivity index (χ1n) is 13.5. The van der Waals surface area contributed by atoms with Crippen LogP contribution in [0.25, 0.3) is 0 Å². The molecular weight excluding hydrogens is 475 g/mol. The van der Waals surface area contributed by atoms with Gasteiger partial charge in [0.2, 0.25) is 6.29 Å². The summed E-state index contributed by atoms with van der Waals surface area (Å²) >= 11 is 0. The van der Waals surface area contributed by atoms with Crippen LogP contribution in [0.15, 0.2) is 97.1 Å². The van der Waals surface area contributed by atoms with E-state index in [1.807, 2.05) is 68.4 Å². The van der Waals surface area contributed by atoms with Gasteiger partial charge in [-0.25, -0.2) is 9.37 Å². The number of nitrogens with one attached hydrogen (secondary N) is 1. The molecule has 5 heteroatoms. The highest BCUT2D eigenvalue weighted by atomic mass is 19.1. The van der Waals surface area contributed by atoms with E-state index in [9.17, 15) is 0 Å². The van der Waals surface area contributed by atoms with Crippen LogP contribution in [0, 0.1) is 11.7 Å². The van der Waals surface area contributed by atoms with Gasteiger partial charge in [-0.15, -0.1) is 0 Å². The van der Waals surface area contributed by atoms with Crippen molar-refractivity contribution >= 4 is 5.69 Å². The highest BCUT2D eigenvalue weighted by molar-refractivity contribution is 5.61. The van der Waals surface area contributed by atoms with Gasteiger partial charge in [-0.1, -0.05) is 91.0 Å². The molecule has 0 bridgehead atoms. The molecule has 5 rings (SSSR count). The zero-order chi connectivity index (χ0) is 26.4. The molecule has 4 nitrogen and oxygen atoms in total. The Labute approximate surface area is 224 Å². The molecule has 0 spiro atoms. The summed E-state index contributed by atoms with van der Waals surface area (Å²) in [4.78, 5) is 4.73. The molecule has 0 atom stereocenters. The van der Waals surface area contributed by atoms with Crippen LogP contribution in [0.5, 0.6) is 0 Å². The third-order valence-corrected chi connectivity index (χ3v) is 7.05. The van der Waals surface area contributed by atoms with Gasteiger partial charge in [-0.05, 0) is 61.8 Å². The van der Waals surface area contributed by atoms with E-state index in [4.69, 9.17) is 14.5 Å². The Balaban J connectivity index is 1.72. The summed E-state index contributed by atoms with van der Waals surface area (Å²) in [7, 11) is 0. The van der Waals surface area contributed by atoms with E-state index in [1.165, 1.54) is 0 Å². The van der Waals surface area contributed by atoms with Gasteiger partial charge in [0, 0.05) is 13.2 Å². The van der Waals surface area contributed by atoms with Crippen molar-refractivity contribution in [2.45, 2.75) is 44.9 Å². The van der Waals surface area contributed by atoms with E-state index in [0.717, 1.165) is 29.5 Å². The second kappa shape index (κ2) is 11.9. The zero-order valence-corrected chi connectivity index (χ0v) is 22.1. The minimum atomic E-state index is -0.854. The normalized spacial score (nSPS) is 13.6. The molecule has 1 aliphatic carbocycles. The Morgan fingerprint density at radius 2 is 1.29 bits per heavy atom. The highest BCUT2D eigenvalue weighted by Gasteiger charge is 2.38. The average Bonchev–Trinajstić information content (AvgIpc) is 3.79. The third-order valence-electron chi connectivity index (χ3n) is 7.05. The minimum absolute atomic E-state index is 0.320. The number of anilines is 1. The predicted octanol–water partition coefficient (Wildman–Crippen LogP) is 7.65. The van der Waals surface area contributed by atoms with Gasteiger partial charge in [-0.2, -0.15) is 0 Å². The molecule has 1 aliphatic rings. The molecule has 0 saturated heterocycles.